The zero-order chi connectivity index (χ0) is 15.3. The molecule has 0 aliphatic carbocycles. The molecule has 0 saturated carbocycles. The van der Waals surface area contributed by atoms with Crippen molar-refractivity contribution in [3.05, 3.63) is 46.7 Å². The number of thiophene rings is 1. The lowest BCUT2D eigenvalue weighted by molar-refractivity contribution is 0.602. The molecule has 0 N–H and O–H groups in total. The molecular formula is C16H21NO2S2. The van der Waals surface area contributed by atoms with Crippen molar-refractivity contribution < 1.29 is 8.42 Å². The summed E-state index contributed by atoms with van der Waals surface area (Å²) in [5.41, 5.74) is 1.07. The molecule has 5 heteroatoms. The van der Waals surface area contributed by atoms with Crippen LogP contribution in [-0.2, 0) is 16.4 Å². The molecule has 114 valence electrons. The van der Waals surface area contributed by atoms with Gasteiger partial charge in [0.2, 0.25) is 0 Å². The van der Waals surface area contributed by atoms with E-state index in [0.29, 0.717) is 4.90 Å². The third-order valence-electron chi connectivity index (χ3n) is 3.34. The third-order valence-corrected chi connectivity index (χ3v) is 5.33. The Morgan fingerprint density at radius 3 is 2.38 bits per heavy atom. The molecule has 2 aromatic rings. The summed E-state index contributed by atoms with van der Waals surface area (Å²) in [7, 11) is -3.13. The van der Waals surface area contributed by atoms with Gasteiger partial charge in [-0.3, -0.25) is 0 Å². The Labute approximate surface area is 131 Å². The van der Waals surface area contributed by atoms with E-state index in [1.54, 1.807) is 23.5 Å². The molecule has 0 aliphatic rings. The van der Waals surface area contributed by atoms with Gasteiger partial charge in [-0.15, -0.1) is 11.3 Å². The van der Waals surface area contributed by atoms with Crippen LogP contribution in [0.2, 0.25) is 0 Å². The number of anilines is 1. The van der Waals surface area contributed by atoms with Crippen LogP contribution in [0.5, 0.6) is 0 Å². The highest BCUT2D eigenvalue weighted by molar-refractivity contribution is 7.90. The fraction of sp³-hybridized carbons (Fsp3) is 0.375. The minimum atomic E-state index is -3.13. The molecule has 1 aromatic heterocycles. The molecule has 21 heavy (non-hydrogen) atoms. The Hall–Kier alpha value is -1.33. The summed E-state index contributed by atoms with van der Waals surface area (Å²) < 4.78 is 23.1. The number of benzene rings is 1. The second kappa shape index (κ2) is 7.09. The minimum Gasteiger partial charge on any atom is -0.366 e. The molecule has 0 amide bonds. The van der Waals surface area contributed by atoms with E-state index in [9.17, 15) is 8.42 Å². The van der Waals surface area contributed by atoms with Crippen LogP contribution in [0.25, 0.3) is 0 Å². The van der Waals surface area contributed by atoms with Crippen molar-refractivity contribution in [2.24, 2.45) is 0 Å². The zero-order valence-corrected chi connectivity index (χ0v) is 14.1. The van der Waals surface area contributed by atoms with Crippen molar-refractivity contribution >= 4 is 26.9 Å². The number of hydrogen-bond acceptors (Lipinski definition) is 4. The molecule has 0 fully saturated rings. The van der Waals surface area contributed by atoms with Gasteiger partial charge in [0, 0.05) is 23.4 Å². The predicted octanol–water partition coefficient (Wildman–Crippen LogP) is 3.96. The Balaban J connectivity index is 2.19. The number of rotatable bonds is 7. The van der Waals surface area contributed by atoms with Gasteiger partial charge < -0.3 is 4.90 Å². The smallest absolute Gasteiger partial charge is 0.175 e. The highest BCUT2D eigenvalue weighted by atomic mass is 32.2. The largest absolute Gasteiger partial charge is 0.366 e. The number of nitrogens with zero attached hydrogens (tertiary/aromatic N) is 1. The molecule has 1 aromatic carbocycles. The second-order valence-electron chi connectivity index (χ2n) is 5.12. The van der Waals surface area contributed by atoms with Crippen molar-refractivity contribution in [2.45, 2.75) is 31.2 Å². The Morgan fingerprint density at radius 1 is 1.14 bits per heavy atom. The van der Waals surface area contributed by atoms with Crippen LogP contribution in [0, 0.1) is 0 Å². The maximum Gasteiger partial charge on any atom is 0.175 e. The first kappa shape index (κ1) is 16.0. The van der Waals surface area contributed by atoms with Gasteiger partial charge in [-0.05, 0) is 42.1 Å². The van der Waals surface area contributed by atoms with Gasteiger partial charge in [-0.25, -0.2) is 8.42 Å². The van der Waals surface area contributed by atoms with Crippen LogP contribution in [0.15, 0.2) is 46.7 Å². The summed E-state index contributed by atoms with van der Waals surface area (Å²) in [6, 6.07) is 11.4. The van der Waals surface area contributed by atoms with Crippen molar-refractivity contribution in [2.75, 3.05) is 17.7 Å². The average Bonchev–Trinajstić information content (AvgIpc) is 2.95. The Bertz CT molecular complexity index is 646. The first-order chi connectivity index (χ1) is 10.0. The topological polar surface area (TPSA) is 37.4 Å². The average molecular weight is 323 g/mol. The van der Waals surface area contributed by atoms with E-state index in [-0.39, 0.29) is 0 Å². The van der Waals surface area contributed by atoms with Crippen LogP contribution < -0.4 is 4.90 Å². The monoisotopic (exact) mass is 323 g/mol. The molecule has 0 bridgehead atoms. The van der Waals surface area contributed by atoms with Gasteiger partial charge in [0.15, 0.2) is 9.84 Å². The molecule has 3 nitrogen and oxygen atoms in total. The minimum absolute atomic E-state index is 0.373. The highest BCUT2D eigenvalue weighted by Crippen LogP contribution is 2.22. The number of hydrogen-bond donors (Lipinski definition) is 0. The molecule has 0 spiro atoms. The van der Waals surface area contributed by atoms with Gasteiger partial charge in [0.25, 0.3) is 0 Å². The molecule has 1 heterocycles. The van der Waals surface area contributed by atoms with E-state index in [1.807, 2.05) is 12.1 Å². The van der Waals surface area contributed by atoms with Crippen LogP contribution >= 0.6 is 11.3 Å². The van der Waals surface area contributed by atoms with Gasteiger partial charge in [0.1, 0.15) is 0 Å². The van der Waals surface area contributed by atoms with E-state index >= 15 is 0 Å². The van der Waals surface area contributed by atoms with Crippen LogP contribution in [0.4, 0.5) is 5.69 Å². The van der Waals surface area contributed by atoms with Gasteiger partial charge >= 0.3 is 0 Å². The fourth-order valence-electron chi connectivity index (χ4n) is 2.14. The maximum absolute atomic E-state index is 11.5. The Kier molecular flexibility index (Phi) is 5.42. The molecule has 2 rings (SSSR count). The standard InChI is InChI=1S/C16H21NO2S2/c1-3-4-11-17(13-15-6-5-12-20-15)14-7-9-16(10-8-14)21(2,18)19/h5-10,12H,3-4,11,13H2,1-2H3. The van der Waals surface area contributed by atoms with E-state index in [0.717, 1.165) is 31.6 Å². The van der Waals surface area contributed by atoms with Gasteiger partial charge in [-0.2, -0.15) is 0 Å². The van der Waals surface area contributed by atoms with Gasteiger partial charge in [0.05, 0.1) is 11.4 Å². The van der Waals surface area contributed by atoms with E-state index in [1.165, 1.54) is 11.1 Å². The van der Waals surface area contributed by atoms with E-state index < -0.39 is 9.84 Å². The lowest BCUT2D eigenvalue weighted by Gasteiger charge is -2.24. The van der Waals surface area contributed by atoms with Gasteiger partial charge in [-0.1, -0.05) is 19.4 Å². The lowest BCUT2D eigenvalue weighted by atomic mass is 10.2. The summed E-state index contributed by atoms with van der Waals surface area (Å²) in [6.45, 7) is 4.03. The van der Waals surface area contributed by atoms with Crippen molar-refractivity contribution in [1.82, 2.24) is 0 Å². The Morgan fingerprint density at radius 2 is 1.86 bits per heavy atom. The van der Waals surface area contributed by atoms with Crippen LogP contribution in [0.3, 0.4) is 0 Å². The highest BCUT2D eigenvalue weighted by Gasteiger charge is 2.10. The summed E-state index contributed by atoms with van der Waals surface area (Å²) in [4.78, 5) is 4.00. The molecule has 0 atom stereocenters. The molecule has 0 saturated heterocycles. The third kappa shape index (κ3) is 4.58. The first-order valence-electron chi connectivity index (χ1n) is 7.08. The summed E-state index contributed by atoms with van der Waals surface area (Å²) in [5, 5.41) is 2.08. The summed E-state index contributed by atoms with van der Waals surface area (Å²) >= 11 is 1.75. The fourth-order valence-corrected chi connectivity index (χ4v) is 3.49. The zero-order valence-electron chi connectivity index (χ0n) is 12.5. The predicted molar refractivity (Wildman–Crippen MR) is 89.8 cm³/mol. The second-order valence-corrected chi connectivity index (χ2v) is 8.17. The molecule has 0 radical (unpaired) electrons. The summed E-state index contributed by atoms with van der Waals surface area (Å²) in [6.07, 6.45) is 3.50. The number of sulfone groups is 1. The van der Waals surface area contributed by atoms with Crippen molar-refractivity contribution in [3.63, 3.8) is 0 Å². The SMILES string of the molecule is CCCCN(Cc1cccs1)c1ccc(S(C)(=O)=O)cc1. The maximum atomic E-state index is 11.5. The normalized spacial score (nSPS) is 11.5. The van der Waals surface area contributed by atoms with Crippen molar-refractivity contribution in [3.8, 4) is 0 Å². The van der Waals surface area contributed by atoms with Crippen molar-refractivity contribution in [1.29, 1.82) is 0 Å². The number of unbranched alkanes of at least 4 members (excludes halogenated alkanes) is 1. The van der Waals surface area contributed by atoms with Crippen LogP contribution in [0.1, 0.15) is 24.6 Å². The van der Waals surface area contributed by atoms with E-state index in [4.69, 9.17) is 0 Å². The van der Waals surface area contributed by atoms with Crippen LogP contribution in [-0.4, -0.2) is 21.2 Å². The van der Waals surface area contributed by atoms with E-state index in [2.05, 4.69) is 29.3 Å². The molecular weight excluding hydrogens is 302 g/mol. The lowest BCUT2D eigenvalue weighted by Crippen LogP contribution is -2.23. The summed E-state index contributed by atoms with van der Waals surface area (Å²) in [5.74, 6) is 0. The quantitative estimate of drug-likeness (QED) is 0.774. The first-order valence-corrected chi connectivity index (χ1v) is 9.85. The molecule has 0 unspecified atom stereocenters. The molecule has 0 aliphatic heterocycles.